The highest BCUT2D eigenvalue weighted by molar-refractivity contribution is 7.71. The van der Waals surface area contributed by atoms with Crippen molar-refractivity contribution in [2.75, 3.05) is 5.88 Å². The fourth-order valence-electron chi connectivity index (χ4n) is 3.75. The molecule has 24 heavy (non-hydrogen) atoms. The molecule has 3 rings (SSSR count). The maximum absolute atomic E-state index is 11.7. The van der Waals surface area contributed by atoms with E-state index >= 15 is 0 Å². The number of hydrogen-bond acceptors (Lipinski definition) is 3. The normalized spacial score (nSPS) is 29.9. The highest BCUT2D eigenvalue weighted by Gasteiger charge is 2.56. The highest BCUT2D eigenvalue weighted by Crippen LogP contribution is 2.52. The van der Waals surface area contributed by atoms with Crippen molar-refractivity contribution in [3.63, 3.8) is 0 Å². The van der Waals surface area contributed by atoms with E-state index in [1.807, 2.05) is 24.3 Å². The largest absolute Gasteiger partial charge is 0.387 e. The second-order valence-electron chi connectivity index (χ2n) is 6.94. The third kappa shape index (κ3) is 3.15. The summed E-state index contributed by atoms with van der Waals surface area (Å²) in [6.07, 6.45) is 4.13. The van der Waals surface area contributed by atoms with E-state index in [2.05, 4.69) is 17.0 Å². The van der Waals surface area contributed by atoms with Gasteiger partial charge in [-0.15, -0.1) is 11.6 Å². The molecular weight excluding hydrogens is 365 g/mol. The summed E-state index contributed by atoms with van der Waals surface area (Å²) in [5, 5.41) is 15.4. The standard InChI is InChI=1S/C17H21Cl2N3OS/c1-16(9-18)7-6-13(8-12-2-4-14(19)5-3-12)17(16,23)10-22-15(24)20-11-21-22/h2-5,11,13,23H,6-10H2,1H3,(H,20,21,24). The number of aromatic nitrogens is 3. The number of H-pyrrole nitrogens is 1. The van der Waals surface area contributed by atoms with Crippen molar-refractivity contribution in [2.24, 2.45) is 11.3 Å². The third-order valence-electron chi connectivity index (χ3n) is 5.47. The van der Waals surface area contributed by atoms with E-state index in [0.717, 1.165) is 29.8 Å². The lowest BCUT2D eigenvalue weighted by Crippen LogP contribution is -2.51. The molecule has 4 nitrogen and oxygen atoms in total. The average Bonchev–Trinajstić information content (AvgIpc) is 3.07. The van der Waals surface area contributed by atoms with Gasteiger partial charge in [0, 0.05) is 16.3 Å². The number of nitrogens with zero attached hydrogens (tertiary/aromatic N) is 2. The second kappa shape index (κ2) is 6.79. The highest BCUT2D eigenvalue weighted by atomic mass is 35.5. The van der Waals surface area contributed by atoms with Crippen molar-refractivity contribution in [3.8, 4) is 0 Å². The molecule has 1 aliphatic carbocycles. The van der Waals surface area contributed by atoms with Crippen LogP contribution in [0.3, 0.4) is 0 Å². The molecule has 0 bridgehead atoms. The van der Waals surface area contributed by atoms with Crippen LogP contribution in [-0.2, 0) is 13.0 Å². The van der Waals surface area contributed by atoms with E-state index in [-0.39, 0.29) is 11.3 Å². The van der Waals surface area contributed by atoms with Gasteiger partial charge in [0.15, 0.2) is 0 Å². The molecule has 0 saturated heterocycles. The van der Waals surface area contributed by atoms with E-state index in [4.69, 9.17) is 35.4 Å². The summed E-state index contributed by atoms with van der Waals surface area (Å²) in [5.74, 6) is 0.495. The predicted octanol–water partition coefficient (Wildman–Crippen LogP) is 4.22. The van der Waals surface area contributed by atoms with Crippen molar-refractivity contribution in [1.29, 1.82) is 0 Å². The lowest BCUT2D eigenvalue weighted by molar-refractivity contribution is -0.0893. The van der Waals surface area contributed by atoms with Crippen molar-refractivity contribution >= 4 is 35.4 Å². The summed E-state index contributed by atoms with van der Waals surface area (Å²) < 4.78 is 2.16. The molecule has 2 N–H and O–H groups in total. The average molecular weight is 386 g/mol. The minimum absolute atomic E-state index is 0.0904. The topological polar surface area (TPSA) is 53.8 Å². The lowest BCUT2D eigenvalue weighted by Gasteiger charge is -2.42. The van der Waals surface area contributed by atoms with Crippen LogP contribution in [0.5, 0.6) is 0 Å². The molecular formula is C17H21Cl2N3OS. The number of hydrogen-bond donors (Lipinski definition) is 2. The first-order valence-corrected chi connectivity index (χ1v) is 9.33. The SMILES string of the molecule is CC1(CCl)CCC(Cc2ccc(Cl)cc2)C1(O)Cn1[nH]cnc1=S. The zero-order chi connectivity index (χ0) is 17.4. The fourth-order valence-corrected chi connectivity index (χ4v) is 4.41. The molecule has 3 unspecified atom stereocenters. The Labute approximate surface area is 156 Å². The Balaban J connectivity index is 1.91. The molecule has 130 valence electrons. The summed E-state index contributed by atoms with van der Waals surface area (Å²) in [4.78, 5) is 4.05. The predicted molar refractivity (Wildman–Crippen MR) is 99.1 cm³/mol. The van der Waals surface area contributed by atoms with Crippen molar-refractivity contribution in [1.82, 2.24) is 14.8 Å². The molecule has 0 spiro atoms. The van der Waals surface area contributed by atoms with Crippen LogP contribution in [0.2, 0.25) is 5.02 Å². The zero-order valence-electron chi connectivity index (χ0n) is 13.5. The van der Waals surface area contributed by atoms with E-state index < -0.39 is 5.60 Å². The van der Waals surface area contributed by atoms with E-state index in [0.29, 0.717) is 17.2 Å². The number of rotatable bonds is 5. The van der Waals surface area contributed by atoms with E-state index in [1.54, 1.807) is 11.0 Å². The first-order valence-electron chi connectivity index (χ1n) is 8.01. The maximum atomic E-state index is 11.7. The van der Waals surface area contributed by atoms with Crippen LogP contribution in [0, 0.1) is 16.1 Å². The third-order valence-corrected chi connectivity index (χ3v) is 6.64. The van der Waals surface area contributed by atoms with Gasteiger partial charge in [0.2, 0.25) is 4.77 Å². The van der Waals surface area contributed by atoms with Crippen molar-refractivity contribution < 1.29 is 5.11 Å². The van der Waals surface area contributed by atoms with Gasteiger partial charge in [-0.1, -0.05) is 30.7 Å². The van der Waals surface area contributed by atoms with E-state index in [9.17, 15) is 5.11 Å². The van der Waals surface area contributed by atoms with Gasteiger partial charge in [-0.05, 0) is 55.1 Å². The molecule has 1 aromatic heterocycles. The fraction of sp³-hybridized carbons (Fsp3) is 0.529. The van der Waals surface area contributed by atoms with Crippen LogP contribution >= 0.6 is 35.4 Å². The summed E-state index contributed by atoms with van der Waals surface area (Å²) >= 11 is 17.5. The Morgan fingerprint density at radius 3 is 2.71 bits per heavy atom. The number of nitrogens with one attached hydrogen (secondary N) is 1. The molecule has 1 aliphatic rings. The molecule has 1 heterocycles. The van der Waals surface area contributed by atoms with Crippen LogP contribution < -0.4 is 0 Å². The smallest absolute Gasteiger partial charge is 0.215 e. The Hall–Kier alpha value is -0.880. The van der Waals surface area contributed by atoms with Crippen LogP contribution in [0.1, 0.15) is 25.3 Å². The van der Waals surface area contributed by atoms with Gasteiger partial charge in [0.25, 0.3) is 0 Å². The van der Waals surface area contributed by atoms with Gasteiger partial charge in [-0.3, -0.25) is 9.78 Å². The molecule has 1 saturated carbocycles. The van der Waals surface area contributed by atoms with Crippen LogP contribution in [0.4, 0.5) is 0 Å². The van der Waals surface area contributed by atoms with Gasteiger partial charge in [-0.25, -0.2) is 4.98 Å². The Morgan fingerprint density at radius 1 is 1.42 bits per heavy atom. The van der Waals surface area contributed by atoms with Crippen molar-refractivity contribution in [3.05, 3.63) is 45.9 Å². The van der Waals surface area contributed by atoms with Crippen LogP contribution in [0.25, 0.3) is 0 Å². The molecule has 1 aromatic carbocycles. The zero-order valence-corrected chi connectivity index (χ0v) is 15.8. The van der Waals surface area contributed by atoms with Crippen molar-refractivity contribution in [2.45, 2.75) is 38.3 Å². The summed E-state index contributed by atoms with van der Waals surface area (Å²) in [6.45, 7) is 2.43. The van der Waals surface area contributed by atoms with Crippen LogP contribution in [-0.4, -0.2) is 31.4 Å². The maximum Gasteiger partial charge on any atom is 0.215 e. The first kappa shape index (κ1) is 17.9. The minimum atomic E-state index is -0.959. The molecule has 2 aromatic rings. The van der Waals surface area contributed by atoms with Gasteiger partial charge < -0.3 is 5.11 Å². The van der Waals surface area contributed by atoms with Gasteiger partial charge in [0.1, 0.15) is 6.33 Å². The summed E-state index contributed by atoms with van der Waals surface area (Å²) in [5.41, 5.74) is -0.167. The monoisotopic (exact) mass is 385 g/mol. The number of halogens is 2. The molecule has 0 amide bonds. The molecule has 0 radical (unpaired) electrons. The molecule has 7 heteroatoms. The Bertz CT molecular complexity index is 760. The van der Waals surface area contributed by atoms with E-state index in [1.165, 1.54) is 0 Å². The van der Waals surface area contributed by atoms with Crippen LogP contribution in [0.15, 0.2) is 30.6 Å². The quantitative estimate of drug-likeness (QED) is 0.598. The summed E-state index contributed by atoms with van der Waals surface area (Å²) in [7, 11) is 0. The molecule has 3 atom stereocenters. The number of benzene rings is 1. The Morgan fingerprint density at radius 2 is 2.12 bits per heavy atom. The molecule has 0 aliphatic heterocycles. The van der Waals surface area contributed by atoms with Gasteiger partial charge in [0.05, 0.1) is 12.1 Å². The summed E-state index contributed by atoms with van der Waals surface area (Å²) in [6, 6.07) is 7.80. The lowest BCUT2D eigenvalue weighted by atomic mass is 9.72. The number of aliphatic hydroxyl groups is 1. The molecule has 1 fully saturated rings. The number of aromatic amines is 1. The first-order chi connectivity index (χ1) is 11.4. The second-order valence-corrected chi connectivity index (χ2v) is 8.01. The van der Waals surface area contributed by atoms with Gasteiger partial charge in [-0.2, -0.15) is 0 Å². The number of alkyl halides is 1. The van der Waals surface area contributed by atoms with Gasteiger partial charge >= 0.3 is 0 Å². The Kier molecular flexibility index (Phi) is 5.07. The minimum Gasteiger partial charge on any atom is -0.387 e.